The Kier molecular flexibility index (Phi) is 9.95. The van der Waals surface area contributed by atoms with Gasteiger partial charge in [-0.2, -0.15) is 0 Å². The van der Waals surface area contributed by atoms with Crippen LogP contribution < -0.4 is 10.6 Å². The summed E-state index contributed by atoms with van der Waals surface area (Å²) >= 11 is 0. The van der Waals surface area contributed by atoms with Crippen LogP contribution in [0.4, 0.5) is 0 Å². The van der Waals surface area contributed by atoms with E-state index in [1.54, 1.807) is 0 Å². The van der Waals surface area contributed by atoms with Gasteiger partial charge in [0.2, 0.25) is 0 Å². The molecule has 0 amide bonds. The van der Waals surface area contributed by atoms with Gasteiger partial charge in [-0.25, -0.2) is 9.98 Å². The summed E-state index contributed by atoms with van der Waals surface area (Å²) in [6, 6.07) is 16.9. The third-order valence-corrected chi connectivity index (χ3v) is 5.84. The van der Waals surface area contributed by atoms with E-state index in [4.69, 9.17) is 9.73 Å². The third kappa shape index (κ3) is 6.91. The zero-order chi connectivity index (χ0) is 22.2. The number of ether oxygens (including phenoxy) is 1. The number of guanidine groups is 1. The lowest BCUT2D eigenvalue weighted by atomic mass is 10.1. The Bertz CT molecular complexity index is 1040. The van der Waals surface area contributed by atoms with Crippen LogP contribution >= 0.6 is 24.0 Å². The second-order valence-electron chi connectivity index (χ2n) is 8.08. The predicted octanol–water partition coefficient (Wildman–Crippen LogP) is 3.55. The van der Waals surface area contributed by atoms with Crippen LogP contribution in [-0.4, -0.2) is 59.8 Å². The van der Waals surface area contributed by atoms with Crippen molar-refractivity contribution in [1.29, 1.82) is 0 Å². The summed E-state index contributed by atoms with van der Waals surface area (Å²) in [6.07, 6.45) is 0. The molecule has 1 aliphatic rings. The maximum Gasteiger partial charge on any atom is 0.191 e. The van der Waals surface area contributed by atoms with Gasteiger partial charge in [-0.1, -0.05) is 36.4 Å². The molecule has 1 aromatic heterocycles. The number of nitrogens with one attached hydrogen (secondary N) is 2. The SMILES string of the molecule is CCNC(=NCc1ccccc1CN1CCOCC1)NCCn1c(C)nc2ccccc21.I. The van der Waals surface area contributed by atoms with Crippen LogP contribution in [0.1, 0.15) is 23.9 Å². The van der Waals surface area contributed by atoms with Crippen LogP contribution in [0.15, 0.2) is 53.5 Å². The highest BCUT2D eigenvalue weighted by atomic mass is 127. The van der Waals surface area contributed by atoms with E-state index in [-0.39, 0.29) is 24.0 Å². The Morgan fingerprint density at radius 2 is 1.76 bits per heavy atom. The van der Waals surface area contributed by atoms with Gasteiger partial charge in [-0.3, -0.25) is 4.90 Å². The van der Waals surface area contributed by atoms with E-state index in [1.165, 1.54) is 16.6 Å². The number of hydrogen-bond donors (Lipinski definition) is 2. The molecule has 7 nitrogen and oxygen atoms in total. The number of fused-ring (bicyclic) bond motifs is 1. The second-order valence-corrected chi connectivity index (χ2v) is 8.08. The number of nitrogens with zero attached hydrogens (tertiary/aromatic N) is 4. The molecule has 0 aliphatic carbocycles. The lowest BCUT2D eigenvalue weighted by molar-refractivity contribution is 0.0341. The quantitative estimate of drug-likeness (QED) is 0.250. The monoisotopic (exact) mass is 562 g/mol. The Hall–Kier alpha value is -2.17. The van der Waals surface area contributed by atoms with Gasteiger partial charge in [0.05, 0.1) is 30.8 Å². The van der Waals surface area contributed by atoms with Crippen molar-refractivity contribution >= 4 is 41.0 Å². The summed E-state index contributed by atoms with van der Waals surface area (Å²) in [5.74, 6) is 1.88. The molecule has 178 valence electrons. The lowest BCUT2D eigenvalue weighted by Crippen LogP contribution is -2.39. The van der Waals surface area contributed by atoms with E-state index >= 15 is 0 Å². The minimum absolute atomic E-state index is 0. The molecule has 0 radical (unpaired) electrons. The van der Waals surface area contributed by atoms with E-state index in [1.807, 2.05) is 6.07 Å². The first kappa shape index (κ1) is 25.5. The van der Waals surface area contributed by atoms with E-state index in [9.17, 15) is 0 Å². The molecule has 0 bridgehead atoms. The average Bonchev–Trinajstić information content (AvgIpc) is 3.14. The lowest BCUT2D eigenvalue weighted by Gasteiger charge is -2.27. The van der Waals surface area contributed by atoms with Crippen molar-refractivity contribution < 1.29 is 4.74 Å². The van der Waals surface area contributed by atoms with Crippen molar-refractivity contribution in [1.82, 2.24) is 25.1 Å². The number of rotatable bonds is 8. The third-order valence-electron chi connectivity index (χ3n) is 5.84. The summed E-state index contributed by atoms with van der Waals surface area (Å²) in [6.45, 7) is 11.8. The summed E-state index contributed by atoms with van der Waals surface area (Å²) in [5.41, 5.74) is 4.83. The van der Waals surface area contributed by atoms with Crippen molar-refractivity contribution in [3.8, 4) is 0 Å². The first-order chi connectivity index (χ1) is 15.7. The van der Waals surface area contributed by atoms with Gasteiger partial charge >= 0.3 is 0 Å². The molecule has 3 aromatic rings. The van der Waals surface area contributed by atoms with Crippen LogP contribution in [0.3, 0.4) is 0 Å². The zero-order valence-corrected chi connectivity index (χ0v) is 21.9. The first-order valence-electron chi connectivity index (χ1n) is 11.6. The highest BCUT2D eigenvalue weighted by Gasteiger charge is 2.13. The molecule has 0 saturated carbocycles. The minimum Gasteiger partial charge on any atom is -0.379 e. The number of para-hydroxylation sites is 2. The molecular weight excluding hydrogens is 527 g/mol. The van der Waals surface area contributed by atoms with Gasteiger partial charge in [0.1, 0.15) is 5.82 Å². The maximum absolute atomic E-state index is 5.48. The van der Waals surface area contributed by atoms with Gasteiger partial charge in [-0.15, -0.1) is 24.0 Å². The molecule has 2 heterocycles. The van der Waals surface area contributed by atoms with Crippen molar-refractivity contribution in [3.63, 3.8) is 0 Å². The Morgan fingerprint density at radius 3 is 2.55 bits per heavy atom. The molecule has 1 fully saturated rings. The summed E-state index contributed by atoms with van der Waals surface area (Å²) < 4.78 is 7.74. The highest BCUT2D eigenvalue weighted by molar-refractivity contribution is 14.0. The Morgan fingerprint density at radius 1 is 1.03 bits per heavy atom. The molecule has 2 aromatic carbocycles. The molecule has 4 rings (SSSR count). The topological polar surface area (TPSA) is 66.7 Å². The van der Waals surface area contributed by atoms with E-state index in [2.05, 4.69) is 81.4 Å². The minimum atomic E-state index is 0. The number of aliphatic imine (C=N–C) groups is 1. The molecule has 0 unspecified atom stereocenters. The normalized spacial score (nSPS) is 14.8. The molecule has 0 spiro atoms. The number of benzene rings is 2. The smallest absolute Gasteiger partial charge is 0.191 e. The van der Waals surface area contributed by atoms with Gasteiger partial charge < -0.3 is 19.9 Å². The first-order valence-corrected chi connectivity index (χ1v) is 11.6. The van der Waals surface area contributed by atoms with Crippen molar-refractivity contribution in [2.75, 3.05) is 39.4 Å². The molecule has 8 heteroatoms. The van der Waals surface area contributed by atoms with Crippen molar-refractivity contribution in [3.05, 3.63) is 65.5 Å². The Balaban J connectivity index is 0.00000306. The van der Waals surface area contributed by atoms with Crippen LogP contribution in [0, 0.1) is 6.92 Å². The largest absolute Gasteiger partial charge is 0.379 e. The highest BCUT2D eigenvalue weighted by Crippen LogP contribution is 2.15. The fourth-order valence-corrected chi connectivity index (χ4v) is 4.14. The number of halogens is 1. The van der Waals surface area contributed by atoms with Crippen LogP contribution in [0.5, 0.6) is 0 Å². The van der Waals surface area contributed by atoms with Gasteiger partial charge in [0.25, 0.3) is 0 Å². The average molecular weight is 563 g/mol. The number of imidazole rings is 1. The van der Waals surface area contributed by atoms with Crippen molar-refractivity contribution in [2.45, 2.75) is 33.5 Å². The number of morpholine rings is 1. The predicted molar refractivity (Wildman–Crippen MR) is 145 cm³/mol. The molecule has 1 aliphatic heterocycles. The van der Waals surface area contributed by atoms with Crippen molar-refractivity contribution in [2.24, 2.45) is 4.99 Å². The molecule has 33 heavy (non-hydrogen) atoms. The van der Waals surface area contributed by atoms with E-state index in [0.29, 0.717) is 6.54 Å². The molecule has 2 N–H and O–H groups in total. The number of hydrogen-bond acceptors (Lipinski definition) is 4. The zero-order valence-electron chi connectivity index (χ0n) is 19.6. The molecule has 1 saturated heterocycles. The molecular formula is C25H35IN6O. The Labute approximate surface area is 213 Å². The van der Waals surface area contributed by atoms with Crippen LogP contribution in [0.25, 0.3) is 11.0 Å². The molecule has 0 atom stereocenters. The summed E-state index contributed by atoms with van der Waals surface area (Å²) in [7, 11) is 0. The summed E-state index contributed by atoms with van der Waals surface area (Å²) in [4.78, 5) is 12.0. The van der Waals surface area contributed by atoms with Crippen LogP contribution in [-0.2, 0) is 24.4 Å². The standard InChI is InChI=1S/C25H34N6O.HI/c1-3-26-25(27-12-13-31-20(2)29-23-10-6-7-11-24(23)31)28-18-21-8-4-5-9-22(21)19-30-14-16-32-17-15-30;/h4-11H,3,12-19H2,1-2H3,(H2,26,27,28);1H. The van der Waals surface area contributed by atoms with E-state index in [0.717, 1.165) is 69.8 Å². The van der Waals surface area contributed by atoms with Gasteiger partial charge in [0, 0.05) is 39.3 Å². The summed E-state index contributed by atoms with van der Waals surface area (Å²) in [5, 5.41) is 6.86. The van der Waals surface area contributed by atoms with E-state index < -0.39 is 0 Å². The number of aryl methyl sites for hydroxylation is 1. The fraction of sp³-hybridized carbons (Fsp3) is 0.440. The maximum atomic E-state index is 5.48. The van der Waals surface area contributed by atoms with Gasteiger partial charge in [0.15, 0.2) is 5.96 Å². The fourth-order valence-electron chi connectivity index (χ4n) is 4.14. The van der Waals surface area contributed by atoms with Crippen LogP contribution in [0.2, 0.25) is 0 Å². The second kappa shape index (κ2) is 12.9. The van der Waals surface area contributed by atoms with Gasteiger partial charge in [-0.05, 0) is 37.1 Å². The number of aromatic nitrogens is 2.